The van der Waals surface area contributed by atoms with Crippen LogP contribution >= 0.6 is 11.8 Å². The second-order valence-corrected chi connectivity index (χ2v) is 6.21. The molecule has 2 amide bonds. The highest BCUT2D eigenvalue weighted by atomic mass is 32.2. The van der Waals surface area contributed by atoms with E-state index in [0.717, 1.165) is 28.3 Å². The van der Waals surface area contributed by atoms with Crippen LogP contribution in [0.5, 0.6) is 5.88 Å². The molecule has 0 unspecified atom stereocenters. The molecule has 0 spiro atoms. The lowest BCUT2D eigenvalue weighted by Gasteiger charge is -2.03. The summed E-state index contributed by atoms with van der Waals surface area (Å²) in [5, 5.41) is 2.61. The Hall–Kier alpha value is -3.13. The van der Waals surface area contributed by atoms with Crippen molar-refractivity contribution in [1.82, 2.24) is 15.3 Å². The van der Waals surface area contributed by atoms with Gasteiger partial charge in [0.2, 0.25) is 5.88 Å². The molecule has 3 aromatic heterocycles. The molecule has 0 atom stereocenters. The highest BCUT2D eigenvalue weighted by Crippen LogP contribution is 2.32. The molecule has 0 radical (unpaired) electrons. The van der Waals surface area contributed by atoms with E-state index in [4.69, 9.17) is 9.15 Å². The third-order valence-corrected chi connectivity index (χ3v) is 4.42. The number of furan rings is 1. The third kappa shape index (κ3) is 2.87. The van der Waals surface area contributed by atoms with E-state index in [1.54, 1.807) is 43.9 Å². The lowest BCUT2D eigenvalue weighted by atomic mass is 10.1. The summed E-state index contributed by atoms with van der Waals surface area (Å²) in [5.74, 6) is 0.564. The number of hydrogen-bond donors (Lipinski definition) is 1. The maximum absolute atomic E-state index is 11.7. The van der Waals surface area contributed by atoms with Gasteiger partial charge < -0.3 is 9.15 Å². The first-order chi connectivity index (χ1) is 12.1. The van der Waals surface area contributed by atoms with Gasteiger partial charge in [0.05, 0.1) is 12.0 Å². The number of methoxy groups -OCH3 is 1. The van der Waals surface area contributed by atoms with Crippen molar-refractivity contribution < 1.29 is 18.7 Å². The average Bonchev–Trinajstić information content (AvgIpc) is 3.17. The van der Waals surface area contributed by atoms with E-state index in [0.29, 0.717) is 22.1 Å². The maximum atomic E-state index is 11.7. The molecule has 8 heteroatoms. The number of nitrogens with zero attached hydrogens (tertiary/aromatic N) is 2. The van der Waals surface area contributed by atoms with Gasteiger partial charge in [-0.05, 0) is 23.9 Å². The first-order valence-electron chi connectivity index (χ1n) is 7.27. The highest BCUT2D eigenvalue weighted by Gasteiger charge is 2.25. The van der Waals surface area contributed by atoms with Crippen molar-refractivity contribution in [2.45, 2.75) is 0 Å². The number of carbonyl (C=O) groups is 2. The molecular weight excluding hydrogens is 342 g/mol. The van der Waals surface area contributed by atoms with Crippen molar-refractivity contribution in [1.29, 1.82) is 0 Å². The second kappa shape index (κ2) is 6.06. The molecule has 4 heterocycles. The normalized spacial score (nSPS) is 15.8. The lowest BCUT2D eigenvalue weighted by Crippen LogP contribution is -2.17. The number of carbonyl (C=O) groups excluding carboxylic acids is 2. The number of thioether (sulfide) groups is 1. The summed E-state index contributed by atoms with van der Waals surface area (Å²) in [5.41, 5.74) is 2.23. The first kappa shape index (κ1) is 15.4. The maximum Gasteiger partial charge on any atom is 0.290 e. The zero-order valence-electron chi connectivity index (χ0n) is 13.0. The number of amides is 2. The topological polar surface area (TPSA) is 94.3 Å². The molecule has 1 saturated heterocycles. The van der Waals surface area contributed by atoms with Gasteiger partial charge in [0.1, 0.15) is 11.3 Å². The van der Waals surface area contributed by atoms with Gasteiger partial charge in [-0.2, -0.15) is 0 Å². The fourth-order valence-electron chi connectivity index (χ4n) is 2.47. The van der Waals surface area contributed by atoms with Gasteiger partial charge in [0, 0.05) is 47.2 Å². The number of hydrogen-bond acceptors (Lipinski definition) is 7. The van der Waals surface area contributed by atoms with Crippen LogP contribution in [-0.2, 0) is 4.79 Å². The van der Waals surface area contributed by atoms with Gasteiger partial charge in [-0.1, -0.05) is 0 Å². The van der Waals surface area contributed by atoms with Gasteiger partial charge in [-0.3, -0.25) is 19.9 Å². The Morgan fingerprint density at radius 1 is 1.24 bits per heavy atom. The molecule has 1 aliphatic heterocycles. The number of ether oxygens (including phenoxy) is 1. The summed E-state index contributed by atoms with van der Waals surface area (Å²) in [6, 6.07) is 5.39. The smallest absolute Gasteiger partial charge is 0.290 e. The van der Waals surface area contributed by atoms with Crippen molar-refractivity contribution in [2.24, 2.45) is 0 Å². The van der Waals surface area contributed by atoms with Crippen LogP contribution in [0.25, 0.3) is 28.2 Å². The van der Waals surface area contributed by atoms with Crippen molar-refractivity contribution in [3.8, 4) is 17.0 Å². The molecule has 1 aliphatic rings. The minimum atomic E-state index is -0.423. The Morgan fingerprint density at radius 3 is 2.80 bits per heavy atom. The number of fused-ring (bicyclic) bond motifs is 1. The summed E-state index contributed by atoms with van der Waals surface area (Å²) in [6.07, 6.45) is 6.58. The zero-order valence-corrected chi connectivity index (χ0v) is 13.8. The molecule has 0 bridgehead atoms. The van der Waals surface area contributed by atoms with E-state index in [-0.39, 0.29) is 5.24 Å². The molecule has 3 aromatic rings. The van der Waals surface area contributed by atoms with Crippen molar-refractivity contribution >= 4 is 40.0 Å². The Morgan fingerprint density at radius 2 is 2.12 bits per heavy atom. The standard InChI is InChI=1S/C17H11N3O4S/c1-23-14-3-2-9(7-19-14)12-8-18-6-10-4-11(24-15(10)12)5-13-16(21)20-17(22)25-13/h2-8H,1H3,(H,20,21,22). The summed E-state index contributed by atoms with van der Waals surface area (Å²) in [7, 11) is 1.55. The summed E-state index contributed by atoms with van der Waals surface area (Å²) < 4.78 is 10.9. The van der Waals surface area contributed by atoms with Crippen molar-refractivity contribution in [2.75, 3.05) is 7.11 Å². The van der Waals surface area contributed by atoms with Crippen molar-refractivity contribution in [3.63, 3.8) is 0 Å². The SMILES string of the molecule is COc1ccc(-c2cncc3cc(C=C4SC(=O)NC4=O)oc23)cn1. The molecule has 0 aliphatic carbocycles. The van der Waals surface area contributed by atoms with E-state index >= 15 is 0 Å². The Labute approximate surface area is 146 Å². The van der Waals surface area contributed by atoms with Crippen LogP contribution in [0.15, 0.2) is 46.1 Å². The molecule has 0 saturated carbocycles. The van der Waals surface area contributed by atoms with Crippen LogP contribution < -0.4 is 10.1 Å². The Kier molecular flexibility index (Phi) is 3.73. The first-order valence-corrected chi connectivity index (χ1v) is 8.08. The predicted octanol–water partition coefficient (Wildman–Crippen LogP) is 3.22. The largest absolute Gasteiger partial charge is 0.481 e. The minimum Gasteiger partial charge on any atom is -0.481 e. The molecule has 0 aromatic carbocycles. The third-order valence-electron chi connectivity index (χ3n) is 3.61. The van der Waals surface area contributed by atoms with Gasteiger partial charge in [-0.25, -0.2) is 4.98 Å². The zero-order chi connectivity index (χ0) is 17.4. The van der Waals surface area contributed by atoms with E-state index in [9.17, 15) is 9.59 Å². The molecule has 4 rings (SSSR count). The Bertz CT molecular complexity index is 1020. The number of nitrogens with one attached hydrogen (secondary N) is 1. The second-order valence-electron chi connectivity index (χ2n) is 5.20. The van der Waals surface area contributed by atoms with Crippen LogP contribution in [0.1, 0.15) is 5.76 Å². The number of rotatable bonds is 3. The van der Waals surface area contributed by atoms with Gasteiger partial charge >= 0.3 is 0 Å². The Balaban J connectivity index is 1.77. The van der Waals surface area contributed by atoms with E-state index in [2.05, 4.69) is 15.3 Å². The van der Waals surface area contributed by atoms with Crippen LogP contribution in [0.4, 0.5) is 4.79 Å². The fourth-order valence-corrected chi connectivity index (χ4v) is 3.13. The average molecular weight is 353 g/mol. The summed E-state index contributed by atoms with van der Waals surface area (Å²) >= 11 is 0.845. The lowest BCUT2D eigenvalue weighted by molar-refractivity contribution is -0.115. The minimum absolute atomic E-state index is 0.296. The molecule has 7 nitrogen and oxygen atoms in total. The van der Waals surface area contributed by atoms with Crippen LogP contribution in [0, 0.1) is 0 Å². The quantitative estimate of drug-likeness (QED) is 0.722. The van der Waals surface area contributed by atoms with E-state index in [1.807, 2.05) is 6.07 Å². The molecular formula is C17H11N3O4S. The molecule has 1 N–H and O–H groups in total. The molecule has 124 valence electrons. The monoisotopic (exact) mass is 353 g/mol. The number of pyridine rings is 2. The van der Waals surface area contributed by atoms with Crippen LogP contribution in [-0.4, -0.2) is 28.2 Å². The number of aromatic nitrogens is 2. The van der Waals surface area contributed by atoms with Crippen molar-refractivity contribution in [3.05, 3.63) is 47.5 Å². The highest BCUT2D eigenvalue weighted by molar-refractivity contribution is 8.18. The van der Waals surface area contributed by atoms with Gasteiger partial charge in [0.15, 0.2) is 0 Å². The van der Waals surface area contributed by atoms with Crippen LogP contribution in [0.2, 0.25) is 0 Å². The van der Waals surface area contributed by atoms with Crippen LogP contribution in [0.3, 0.4) is 0 Å². The van der Waals surface area contributed by atoms with E-state index < -0.39 is 5.91 Å². The van der Waals surface area contributed by atoms with Gasteiger partial charge in [0.25, 0.3) is 11.1 Å². The number of imide groups is 1. The van der Waals surface area contributed by atoms with E-state index in [1.165, 1.54) is 0 Å². The predicted molar refractivity (Wildman–Crippen MR) is 92.9 cm³/mol. The summed E-state index contributed by atoms with van der Waals surface area (Å²) in [6.45, 7) is 0. The fraction of sp³-hybridized carbons (Fsp3) is 0.0588. The molecule has 25 heavy (non-hydrogen) atoms. The summed E-state index contributed by atoms with van der Waals surface area (Å²) in [4.78, 5) is 31.6. The van der Waals surface area contributed by atoms with Gasteiger partial charge in [-0.15, -0.1) is 0 Å². The molecule has 1 fully saturated rings.